The summed E-state index contributed by atoms with van der Waals surface area (Å²) < 4.78 is 5.04. The number of ketones is 1. The van der Waals surface area contributed by atoms with E-state index in [1.807, 2.05) is 6.92 Å². The minimum absolute atomic E-state index is 0.0496. The molecule has 0 spiro atoms. The van der Waals surface area contributed by atoms with Crippen LogP contribution in [-0.2, 0) is 14.3 Å². The summed E-state index contributed by atoms with van der Waals surface area (Å²) in [6.45, 7) is 11.1. The van der Waals surface area contributed by atoms with Gasteiger partial charge in [-0.3, -0.25) is 4.79 Å². The second-order valence-electron chi connectivity index (χ2n) is 3.50. The summed E-state index contributed by atoms with van der Waals surface area (Å²) in [4.78, 5) is 23.5. The summed E-state index contributed by atoms with van der Waals surface area (Å²) in [5, 5.41) is 0. The molecule has 0 aromatic carbocycles. The minimum Gasteiger partial charge on any atom is -0.462 e. The number of Topliss-reactive ketones (excluding diaryl/α,β-unsaturated/α-hetero) is 1. The number of hydrogen-bond donors (Lipinski definition) is 0. The van der Waals surface area contributed by atoms with Gasteiger partial charge < -0.3 is 4.74 Å². The summed E-state index contributed by atoms with van der Waals surface area (Å²) in [6, 6.07) is 0. The van der Waals surface area contributed by atoms with E-state index in [1.54, 1.807) is 6.92 Å². The number of esters is 1. The molecule has 0 radical (unpaired) electrons. The Hall–Kier alpha value is -1.64. The molecule has 0 aromatic rings. The number of ether oxygens (including phenoxy) is 1. The van der Waals surface area contributed by atoms with Crippen molar-refractivity contribution in [1.82, 2.24) is 0 Å². The Balaban J connectivity index is 5.00. The lowest BCUT2D eigenvalue weighted by Gasteiger charge is -2.08. The van der Waals surface area contributed by atoms with Crippen LogP contribution in [0.3, 0.4) is 0 Å². The smallest absolute Gasteiger partial charge is 0.342 e. The van der Waals surface area contributed by atoms with Crippen LogP contribution in [-0.4, -0.2) is 18.4 Å². The predicted octanol–water partition coefficient (Wildman–Crippen LogP) is 2.98. The van der Waals surface area contributed by atoms with Crippen molar-refractivity contribution in [2.75, 3.05) is 6.61 Å². The largest absolute Gasteiger partial charge is 0.462 e. The summed E-state index contributed by atoms with van der Waals surface area (Å²) in [5.74, 6) is -0.832. The Morgan fingerprint density at radius 1 is 1.18 bits per heavy atom. The average molecular weight is 236 g/mol. The van der Waals surface area contributed by atoms with Crippen molar-refractivity contribution in [2.45, 2.75) is 33.1 Å². The topological polar surface area (TPSA) is 43.4 Å². The van der Waals surface area contributed by atoms with E-state index < -0.39 is 5.97 Å². The summed E-state index contributed by atoms with van der Waals surface area (Å²) >= 11 is 0. The number of rotatable bonds is 8. The molecule has 0 unspecified atom stereocenters. The van der Waals surface area contributed by atoms with Crippen LogP contribution in [0, 0.1) is 0 Å². The normalized spacial score (nSPS) is 9.29. The van der Waals surface area contributed by atoms with Gasteiger partial charge in [-0.1, -0.05) is 45.6 Å². The van der Waals surface area contributed by atoms with E-state index in [9.17, 15) is 9.59 Å². The van der Waals surface area contributed by atoms with Gasteiger partial charge in [0.25, 0.3) is 0 Å². The highest BCUT2D eigenvalue weighted by Crippen LogP contribution is 2.12. The Bertz CT molecular complexity index is 327. The maximum Gasteiger partial charge on any atom is 0.342 e. The lowest BCUT2D eigenvalue weighted by atomic mass is 10.0. The van der Waals surface area contributed by atoms with Crippen LogP contribution in [0.4, 0.5) is 0 Å². The number of carbonyl (C=O) groups is 2. The van der Waals surface area contributed by atoms with Crippen molar-refractivity contribution in [1.29, 1.82) is 0 Å². The lowest BCUT2D eigenvalue weighted by Crippen LogP contribution is -2.17. The van der Waals surface area contributed by atoms with Gasteiger partial charge in [0.2, 0.25) is 0 Å². The monoisotopic (exact) mass is 236 g/mol. The summed E-state index contributed by atoms with van der Waals surface area (Å²) in [5.41, 5.74) is 0.479. The number of carbonyl (C=O) groups excluding carboxylic acids is 2. The average Bonchev–Trinajstić information content (AvgIpc) is 2.35. The van der Waals surface area contributed by atoms with Gasteiger partial charge in [0.15, 0.2) is 5.78 Å². The molecular weight excluding hydrogens is 216 g/mol. The first-order valence-corrected chi connectivity index (χ1v) is 5.81. The van der Waals surface area contributed by atoms with Crippen molar-refractivity contribution in [3.63, 3.8) is 0 Å². The van der Waals surface area contributed by atoms with Crippen LogP contribution in [0.25, 0.3) is 0 Å². The van der Waals surface area contributed by atoms with Crippen LogP contribution in [0.5, 0.6) is 0 Å². The van der Waals surface area contributed by atoms with Gasteiger partial charge in [0.1, 0.15) is 5.57 Å². The predicted molar refractivity (Wildman–Crippen MR) is 68.6 cm³/mol. The van der Waals surface area contributed by atoms with Gasteiger partial charge in [-0.05, 0) is 12.0 Å². The molecule has 0 bridgehead atoms. The van der Waals surface area contributed by atoms with E-state index in [4.69, 9.17) is 4.74 Å². The summed E-state index contributed by atoms with van der Waals surface area (Å²) in [6.07, 6.45) is 4.86. The third-order valence-electron chi connectivity index (χ3n) is 2.26. The van der Waals surface area contributed by atoms with Crippen LogP contribution in [0.15, 0.2) is 36.5 Å². The fourth-order valence-corrected chi connectivity index (χ4v) is 1.24. The van der Waals surface area contributed by atoms with Gasteiger partial charge in [0, 0.05) is 6.42 Å². The first-order chi connectivity index (χ1) is 8.12. The van der Waals surface area contributed by atoms with Crippen LogP contribution in [0.1, 0.15) is 33.1 Å². The maximum absolute atomic E-state index is 11.8. The van der Waals surface area contributed by atoms with Gasteiger partial charge in [-0.15, -0.1) is 0 Å². The van der Waals surface area contributed by atoms with Crippen molar-refractivity contribution < 1.29 is 14.3 Å². The van der Waals surface area contributed by atoms with Crippen molar-refractivity contribution in [2.24, 2.45) is 0 Å². The SMILES string of the molecule is C=CC(C=C)=C(C(=O)CC)C(=O)OCCCC. The van der Waals surface area contributed by atoms with E-state index in [1.165, 1.54) is 12.2 Å². The van der Waals surface area contributed by atoms with E-state index in [2.05, 4.69) is 13.2 Å². The zero-order valence-corrected chi connectivity index (χ0v) is 10.6. The molecule has 0 aliphatic heterocycles. The standard InChI is InChI=1S/C14H20O3/c1-5-9-10-17-14(16)13(12(15)8-4)11(6-2)7-3/h6-7H,2-3,5,8-10H2,1,4H3. The zero-order valence-electron chi connectivity index (χ0n) is 10.6. The Labute approximate surface area is 103 Å². The molecule has 0 rings (SSSR count). The lowest BCUT2D eigenvalue weighted by molar-refractivity contribution is -0.140. The number of unbranched alkanes of at least 4 members (excludes halogenated alkanes) is 1. The fourth-order valence-electron chi connectivity index (χ4n) is 1.24. The van der Waals surface area contributed by atoms with Crippen molar-refractivity contribution >= 4 is 11.8 Å². The molecule has 0 N–H and O–H groups in total. The second-order valence-corrected chi connectivity index (χ2v) is 3.50. The molecule has 0 aromatic heterocycles. The minimum atomic E-state index is -0.583. The van der Waals surface area contributed by atoms with E-state index in [-0.39, 0.29) is 17.8 Å². The molecule has 0 atom stereocenters. The number of hydrogen-bond acceptors (Lipinski definition) is 3. The highest BCUT2D eigenvalue weighted by molar-refractivity contribution is 6.18. The van der Waals surface area contributed by atoms with Crippen LogP contribution >= 0.6 is 0 Å². The first kappa shape index (κ1) is 15.4. The molecule has 0 saturated carbocycles. The molecule has 3 nitrogen and oxygen atoms in total. The Kier molecular flexibility index (Phi) is 7.68. The molecule has 0 saturated heterocycles. The quantitative estimate of drug-likeness (QED) is 0.162. The molecule has 0 fully saturated rings. The molecule has 0 aliphatic rings. The Morgan fingerprint density at radius 2 is 1.76 bits per heavy atom. The molecule has 0 heterocycles. The molecule has 17 heavy (non-hydrogen) atoms. The van der Waals surface area contributed by atoms with E-state index in [0.29, 0.717) is 12.2 Å². The molecule has 3 heteroatoms. The fraction of sp³-hybridized carbons (Fsp3) is 0.429. The van der Waals surface area contributed by atoms with Crippen LogP contribution in [0.2, 0.25) is 0 Å². The third-order valence-corrected chi connectivity index (χ3v) is 2.26. The second kappa shape index (κ2) is 8.50. The van der Waals surface area contributed by atoms with Crippen molar-refractivity contribution in [3.05, 3.63) is 36.5 Å². The van der Waals surface area contributed by atoms with E-state index >= 15 is 0 Å². The van der Waals surface area contributed by atoms with E-state index in [0.717, 1.165) is 12.8 Å². The van der Waals surface area contributed by atoms with Crippen LogP contribution < -0.4 is 0 Å². The maximum atomic E-state index is 11.8. The van der Waals surface area contributed by atoms with Crippen molar-refractivity contribution in [3.8, 4) is 0 Å². The highest BCUT2D eigenvalue weighted by Gasteiger charge is 2.20. The Morgan fingerprint density at radius 3 is 2.18 bits per heavy atom. The zero-order chi connectivity index (χ0) is 13.3. The summed E-state index contributed by atoms with van der Waals surface area (Å²) in [7, 11) is 0. The molecule has 0 amide bonds. The third kappa shape index (κ3) is 4.81. The molecule has 94 valence electrons. The van der Waals surface area contributed by atoms with Gasteiger partial charge in [-0.25, -0.2) is 4.79 Å². The molecule has 0 aliphatic carbocycles. The first-order valence-electron chi connectivity index (χ1n) is 5.81. The van der Waals surface area contributed by atoms with Gasteiger partial charge in [-0.2, -0.15) is 0 Å². The highest BCUT2D eigenvalue weighted by atomic mass is 16.5. The molecular formula is C14H20O3. The van der Waals surface area contributed by atoms with Gasteiger partial charge >= 0.3 is 5.97 Å². The number of allylic oxidation sites excluding steroid dienone is 3. The van der Waals surface area contributed by atoms with Gasteiger partial charge in [0.05, 0.1) is 6.61 Å².